The summed E-state index contributed by atoms with van der Waals surface area (Å²) in [4.78, 5) is 11.2. The number of fused-ring (bicyclic) bond motifs is 2. The number of aryl methyl sites for hydroxylation is 2. The third-order valence-electron chi connectivity index (χ3n) is 3.88. The number of allylic oxidation sites excluding steroid dienone is 1. The fourth-order valence-corrected chi connectivity index (χ4v) is 3.19. The maximum atomic E-state index is 11.4. The SMILES string of the molecule is COC=C1CCc2cc3c(c([N+](=O)[O-])c21)CCC3. The second-order valence-electron chi connectivity index (χ2n) is 4.89. The van der Waals surface area contributed by atoms with Crippen LogP contribution >= 0.6 is 0 Å². The van der Waals surface area contributed by atoms with Gasteiger partial charge in [-0.3, -0.25) is 10.1 Å². The van der Waals surface area contributed by atoms with Crippen molar-refractivity contribution in [3.63, 3.8) is 0 Å². The molecule has 1 aromatic rings. The number of nitro groups is 1. The van der Waals surface area contributed by atoms with E-state index in [9.17, 15) is 10.1 Å². The molecule has 0 saturated carbocycles. The minimum absolute atomic E-state index is 0.211. The minimum Gasteiger partial charge on any atom is -0.504 e. The van der Waals surface area contributed by atoms with E-state index in [1.807, 2.05) is 0 Å². The third kappa shape index (κ3) is 1.52. The topological polar surface area (TPSA) is 52.4 Å². The maximum absolute atomic E-state index is 11.4. The van der Waals surface area contributed by atoms with Crippen LogP contribution in [0.5, 0.6) is 0 Å². The van der Waals surface area contributed by atoms with E-state index in [0.717, 1.165) is 54.4 Å². The molecule has 2 aliphatic carbocycles. The molecule has 4 nitrogen and oxygen atoms in total. The van der Waals surface area contributed by atoms with E-state index in [1.165, 1.54) is 5.56 Å². The summed E-state index contributed by atoms with van der Waals surface area (Å²) in [6.45, 7) is 0. The molecule has 0 spiro atoms. The van der Waals surface area contributed by atoms with Gasteiger partial charge in [-0.25, -0.2) is 0 Å². The molecule has 0 fully saturated rings. The summed E-state index contributed by atoms with van der Waals surface area (Å²) in [6.07, 6.45) is 6.22. The molecule has 0 atom stereocenters. The Bertz CT molecular complexity index is 561. The monoisotopic (exact) mass is 245 g/mol. The standard InChI is InChI=1S/C14H15NO3/c1-18-8-11-6-5-10-7-9-3-2-4-12(9)14(13(10)11)15(16)17/h7-8H,2-6H2,1H3. The zero-order valence-electron chi connectivity index (χ0n) is 10.4. The summed E-state index contributed by atoms with van der Waals surface area (Å²) in [6, 6.07) is 2.17. The normalized spacial score (nSPS) is 18.8. The number of benzene rings is 1. The Kier molecular flexibility index (Phi) is 2.58. The van der Waals surface area contributed by atoms with Crippen LogP contribution in [0.25, 0.3) is 5.57 Å². The second kappa shape index (κ2) is 4.12. The smallest absolute Gasteiger partial charge is 0.280 e. The molecule has 0 N–H and O–H groups in total. The summed E-state index contributed by atoms with van der Waals surface area (Å²) < 4.78 is 5.05. The van der Waals surface area contributed by atoms with Gasteiger partial charge in [0.15, 0.2) is 0 Å². The van der Waals surface area contributed by atoms with E-state index in [2.05, 4.69) is 6.07 Å². The summed E-state index contributed by atoms with van der Waals surface area (Å²) >= 11 is 0. The molecule has 0 amide bonds. The Labute approximate surface area is 105 Å². The van der Waals surface area contributed by atoms with E-state index >= 15 is 0 Å². The van der Waals surface area contributed by atoms with Crippen molar-refractivity contribution >= 4 is 11.3 Å². The van der Waals surface area contributed by atoms with Crippen LogP contribution in [0, 0.1) is 10.1 Å². The van der Waals surface area contributed by atoms with Gasteiger partial charge in [-0.15, -0.1) is 0 Å². The van der Waals surface area contributed by atoms with Crippen LogP contribution in [0.4, 0.5) is 5.69 Å². The van der Waals surface area contributed by atoms with Crippen LogP contribution in [-0.2, 0) is 24.0 Å². The van der Waals surface area contributed by atoms with Crippen molar-refractivity contribution in [2.75, 3.05) is 7.11 Å². The number of methoxy groups -OCH3 is 1. The van der Waals surface area contributed by atoms with Crippen LogP contribution in [0.2, 0.25) is 0 Å². The molecule has 0 aromatic heterocycles. The highest BCUT2D eigenvalue weighted by atomic mass is 16.6. The highest BCUT2D eigenvalue weighted by Crippen LogP contribution is 2.44. The lowest BCUT2D eigenvalue weighted by molar-refractivity contribution is -0.385. The number of hydrogen-bond donors (Lipinski definition) is 0. The maximum Gasteiger partial charge on any atom is 0.280 e. The number of nitro benzene ring substituents is 1. The van der Waals surface area contributed by atoms with Crippen molar-refractivity contribution in [3.05, 3.63) is 44.7 Å². The minimum atomic E-state index is -0.211. The summed E-state index contributed by atoms with van der Waals surface area (Å²) in [5.41, 5.74) is 5.37. The molecule has 2 aliphatic rings. The molecule has 0 saturated heterocycles. The highest BCUT2D eigenvalue weighted by Gasteiger charge is 2.33. The Morgan fingerprint density at radius 3 is 2.83 bits per heavy atom. The van der Waals surface area contributed by atoms with Gasteiger partial charge in [0, 0.05) is 11.1 Å². The fourth-order valence-electron chi connectivity index (χ4n) is 3.19. The fraction of sp³-hybridized carbons (Fsp3) is 0.429. The van der Waals surface area contributed by atoms with E-state index in [0.29, 0.717) is 5.69 Å². The zero-order chi connectivity index (χ0) is 12.7. The van der Waals surface area contributed by atoms with Gasteiger partial charge < -0.3 is 4.74 Å². The molecular formula is C14H15NO3. The lowest BCUT2D eigenvalue weighted by Crippen LogP contribution is -2.00. The third-order valence-corrected chi connectivity index (χ3v) is 3.88. The van der Waals surface area contributed by atoms with E-state index in [-0.39, 0.29) is 4.92 Å². The van der Waals surface area contributed by atoms with E-state index in [4.69, 9.17) is 4.74 Å². The average Bonchev–Trinajstić information content (AvgIpc) is 2.93. The summed E-state index contributed by atoms with van der Waals surface area (Å²) in [5, 5.41) is 11.4. The van der Waals surface area contributed by atoms with Crippen LogP contribution in [0.1, 0.15) is 35.1 Å². The largest absolute Gasteiger partial charge is 0.504 e. The summed E-state index contributed by atoms with van der Waals surface area (Å²) in [5.74, 6) is 0. The Balaban J connectivity index is 2.27. The van der Waals surface area contributed by atoms with Crippen LogP contribution < -0.4 is 0 Å². The first-order chi connectivity index (χ1) is 8.72. The first-order valence-corrected chi connectivity index (χ1v) is 6.26. The lowest BCUT2D eigenvalue weighted by Gasteiger charge is -2.08. The number of rotatable bonds is 2. The highest BCUT2D eigenvalue weighted by molar-refractivity contribution is 5.81. The molecule has 4 heteroatoms. The van der Waals surface area contributed by atoms with E-state index < -0.39 is 0 Å². The van der Waals surface area contributed by atoms with Gasteiger partial charge in [-0.1, -0.05) is 6.07 Å². The van der Waals surface area contributed by atoms with Gasteiger partial charge in [-0.2, -0.15) is 0 Å². The molecule has 3 rings (SSSR count). The predicted molar refractivity (Wildman–Crippen MR) is 68.4 cm³/mol. The van der Waals surface area contributed by atoms with E-state index in [1.54, 1.807) is 13.4 Å². The number of ether oxygens (including phenoxy) is 1. The second-order valence-corrected chi connectivity index (χ2v) is 4.89. The number of nitrogens with zero attached hydrogens (tertiary/aromatic N) is 1. The number of hydrogen-bond acceptors (Lipinski definition) is 3. The van der Waals surface area contributed by atoms with Crippen molar-refractivity contribution < 1.29 is 9.66 Å². The molecular weight excluding hydrogens is 230 g/mol. The molecule has 0 radical (unpaired) electrons. The molecule has 0 unspecified atom stereocenters. The van der Waals surface area contributed by atoms with Gasteiger partial charge in [0.05, 0.1) is 23.9 Å². The van der Waals surface area contributed by atoms with Crippen LogP contribution in [0.3, 0.4) is 0 Å². The van der Waals surface area contributed by atoms with Crippen LogP contribution in [0.15, 0.2) is 12.3 Å². The molecule has 1 aromatic carbocycles. The molecule has 94 valence electrons. The first-order valence-electron chi connectivity index (χ1n) is 6.26. The molecule has 0 heterocycles. The average molecular weight is 245 g/mol. The zero-order valence-corrected chi connectivity index (χ0v) is 10.4. The van der Waals surface area contributed by atoms with Crippen molar-refractivity contribution in [2.24, 2.45) is 0 Å². The van der Waals surface area contributed by atoms with Gasteiger partial charge >= 0.3 is 0 Å². The summed E-state index contributed by atoms with van der Waals surface area (Å²) in [7, 11) is 1.59. The van der Waals surface area contributed by atoms with Gasteiger partial charge in [-0.05, 0) is 43.2 Å². The quantitative estimate of drug-likeness (QED) is 0.457. The van der Waals surface area contributed by atoms with Crippen molar-refractivity contribution in [2.45, 2.75) is 32.1 Å². The van der Waals surface area contributed by atoms with Crippen molar-refractivity contribution in [1.82, 2.24) is 0 Å². The molecule has 0 aliphatic heterocycles. The predicted octanol–water partition coefficient (Wildman–Crippen LogP) is 3.02. The molecule has 0 bridgehead atoms. The Morgan fingerprint density at radius 1 is 1.28 bits per heavy atom. The van der Waals surface area contributed by atoms with Gasteiger partial charge in [0.2, 0.25) is 0 Å². The van der Waals surface area contributed by atoms with Gasteiger partial charge in [0.1, 0.15) is 0 Å². The van der Waals surface area contributed by atoms with Crippen molar-refractivity contribution in [1.29, 1.82) is 0 Å². The van der Waals surface area contributed by atoms with Gasteiger partial charge in [0.25, 0.3) is 5.69 Å². The van der Waals surface area contributed by atoms with Crippen LogP contribution in [-0.4, -0.2) is 12.0 Å². The van der Waals surface area contributed by atoms with Crippen molar-refractivity contribution in [3.8, 4) is 0 Å². The Hall–Kier alpha value is -1.84. The Morgan fingerprint density at radius 2 is 2.11 bits per heavy atom. The first kappa shape index (κ1) is 11.3. The molecule has 18 heavy (non-hydrogen) atoms. The lowest BCUT2D eigenvalue weighted by atomic mass is 9.97.